The lowest BCUT2D eigenvalue weighted by Gasteiger charge is -2.30. The van der Waals surface area contributed by atoms with E-state index in [1.807, 2.05) is 49.3 Å². The number of fused-ring (bicyclic) bond motifs is 1. The Morgan fingerprint density at radius 3 is 2.47 bits per heavy atom. The number of nitrogens with one attached hydrogen (secondary N) is 2. The summed E-state index contributed by atoms with van der Waals surface area (Å²) in [5.41, 5.74) is 2.04. The van der Waals surface area contributed by atoms with Gasteiger partial charge >= 0.3 is 5.97 Å². The molecular formula is C26H33N5O3. The summed E-state index contributed by atoms with van der Waals surface area (Å²) in [5.74, 6) is 2.27. The normalized spacial score (nSPS) is 17.9. The van der Waals surface area contributed by atoms with E-state index in [1.165, 1.54) is 6.92 Å². The van der Waals surface area contributed by atoms with Gasteiger partial charge < -0.3 is 25.0 Å². The number of carbonyl (C=O) groups excluding carboxylic acids is 1. The molecule has 1 aliphatic rings. The van der Waals surface area contributed by atoms with Crippen LogP contribution in [-0.4, -0.2) is 49.2 Å². The van der Waals surface area contributed by atoms with Gasteiger partial charge in [0.15, 0.2) is 11.5 Å². The summed E-state index contributed by atoms with van der Waals surface area (Å²) in [7, 11) is 5.60. The fourth-order valence-electron chi connectivity index (χ4n) is 4.41. The third-order valence-corrected chi connectivity index (χ3v) is 6.14. The van der Waals surface area contributed by atoms with Crippen molar-refractivity contribution >= 4 is 28.6 Å². The number of rotatable bonds is 8. The largest absolute Gasteiger partial charge is 0.493 e. The van der Waals surface area contributed by atoms with Crippen LogP contribution in [0.25, 0.3) is 10.9 Å². The van der Waals surface area contributed by atoms with Crippen LogP contribution in [0.3, 0.4) is 0 Å². The van der Waals surface area contributed by atoms with Crippen molar-refractivity contribution in [2.24, 2.45) is 0 Å². The molecule has 2 N–H and O–H groups in total. The van der Waals surface area contributed by atoms with Crippen molar-refractivity contribution < 1.29 is 14.3 Å². The summed E-state index contributed by atoms with van der Waals surface area (Å²) < 4.78 is 10.6. The van der Waals surface area contributed by atoms with E-state index in [1.54, 1.807) is 13.2 Å². The van der Waals surface area contributed by atoms with Gasteiger partial charge in [0.25, 0.3) is 0 Å². The van der Waals surface area contributed by atoms with E-state index < -0.39 is 0 Å². The predicted molar refractivity (Wildman–Crippen MR) is 135 cm³/mol. The zero-order chi connectivity index (χ0) is 24.1. The molecule has 0 unspecified atom stereocenters. The maximum absolute atomic E-state index is 11.2. The molecule has 0 saturated heterocycles. The fraction of sp³-hybridized carbons (Fsp3) is 0.423. The number of carbonyl (C=O) groups is 1. The maximum Gasteiger partial charge on any atom is 0.308 e. The number of methoxy groups -OCH3 is 1. The first-order valence-electron chi connectivity index (χ1n) is 11.7. The van der Waals surface area contributed by atoms with Crippen LogP contribution in [-0.2, 0) is 11.3 Å². The molecule has 0 aliphatic heterocycles. The second kappa shape index (κ2) is 10.7. The van der Waals surface area contributed by atoms with Gasteiger partial charge in [-0.3, -0.25) is 4.79 Å². The number of para-hydroxylation sites is 1. The number of esters is 1. The second-order valence-electron chi connectivity index (χ2n) is 8.94. The zero-order valence-corrected chi connectivity index (χ0v) is 20.3. The van der Waals surface area contributed by atoms with Gasteiger partial charge in [-0.25, -0.2) is 4.98 Å². The van der Waals surface area contributed by atoms with Crippen molar-refractivity contribution in [1.82, 2.24) is 15.3 Å². The van der Waals surface area contributed by atoms with Gasteiger partial charge in [0.1, 0.15) is 5.82 Å². The third-order valence-electron chi connectivity index (χ3n) is 6.14. The molecule has 0 bridgehead atoms. The van der Waals surface area contributed by atoms with Crippen LogP contribution >= 0.6 is 0 Å². The summed E-state index contributed by atoms with van der Waals surface area (Å²) in [6.07, 6.45) is 4.27. The lowest BCUT2D eigenvalue weighted by atomic mass is 9.91. The van der Waals surface area contributed by atoms with Crippen molar-refractivity contribution in [1.29, 1.82) is 0 Å². The molecule has 1 aliphatic carbocycles. The smallest absolute Gasteiger partial charge is 0.308 e. The van der Waals surface area contributed by atoms with Crippen molar-refractivity contribution in [2.75, 3.05) is 31.4 Å². The van der Waals surface area contributed by atoms with Crippen LogP contribution in [0.5, 0.6) is 11.5 Å². The Hall–Kier alpha value is -3.39. The van der Waals surface area contributed by atoms with Gasteiger partial charge in [0, 0.05) is 45.0 Å². The number of benzene rings is 2. The SMILES string of the molecule is COc1cc(CN[C@H]2CC[C@@H](Nc3nc(N(C)C)c4ccccc4n3)CC2)ccc1OC(C)=O. The lowest BCUT2D eigenvalue weighted by molar-refractivity contribution is -0.132. The summed E-state index contributed by atoms with van der Waals surface area (Å²) in [4.78, 5) is 22.8. The Morgan fingerprint density at radius 1 is 1.03 bits per heavy atom. The molecule has 1 saturated carbocycles. The fourth-order valence-corrected chi connectivity index (χ4v) is 4.41. The van der Waals surface area contributed by atoms with Crippen LogP contribution in [0.15, 0.2) is 42.5 Å². The first kappa shape index (κ1) is 23.8. The van der Waals surface area contributed by atoms with Gasteiger partial charge in [-0.1, -0.05) is 18.2 Å². The van der Waals surface area contributed by atoms with Crippen LogP contribution < -0.4 is 25.0 Å². The standard InChI is InChI=1S/C26H33N5O3/c1-17(32)34-23-14-9-18(15-24(23)33-4)16-27-19-10-12-20(13-11-19)28-26-29-22-8-6-5-7-21(22)25(30-26)31(2)3/h5-9,14-15,19-20,27H,10-13,16H2,1-4H3,(H,28,29,30)/t19-,20+. The van der Waals surface area contributed by atoms with Gasteiger partial charge in [-0.05, 0) is 55.5 Å². The molecule has 34 heavy (non-hydrogen) atoms. The van der Waals surface area contributed by atoms with Crippen LogP contribution in [0.2, 0.25) is 0 Å². The molecule has 3 aromatic rings. The molecule has 1 aromatic heterocycles. The summed E-state index contributed by atoms with van der Waals surface area (Å²) in [6, 6.07) is 14.6. The Bertz CT molecular complexity index is 1140. The average Bonchev–Trinajstić information content (AvgIpc) is 2.83. The molecule has 180 valence electrons. The molecule has 0 amide bonds. The number of hydrogen-bond acceptors (Lipinski definition) is 8. The molecule has 0 spiro atoms. The third kappa shape index (κ3) is 5.75. The average molecular weight is 464 g/mol. The molecule has 8 heteroatoms. The highest BCUT2D eigenvalue weighted by molar-refractivity contribution is 5.90. The number of ether oxygens (including phenoxy) is 2. The first-order valence-corrected chi connectivity index (χ1v) is 11.7. The minimum absolute atomic E-state index is 0.359. The van der Waals surface area contributed by atoms with Crippen LogP contribution in [0.4, 0.5) is 11.8 Å². The van der Waals surface area contributed by atoms with Crippen molar-refractivity contribution in [3.05, 3.63) is 48.0 Å². The summed E-state index contributed by atoms with van der Waals surface area (Å²) in [5, 5.41) is 8.28. The van der Waals surface area contributed by atoms with Gasteiger partial charge in [-0.2, -0.15) is 4.98 Å². The molecule has 0 atom stereocenters. The van der Waals surface area contributed by atoms with Crippen molar-refractivity contribution in [3.8, 4) is 11.5 Å². The van der Waals surface area contributed by atoms with E-state index in [4.69, 9.17) is 19.4 Å². The Kier molecular flexibility index (Phi) is 7.47. The molecule has 1 heterocycles. The molecule has 4 rings (SSSR count). The van der Waals surface area contributed by atoms with E-state index in [9.17, 15) is 4.79 Å². The Balaban J connectivity index is 1.31. The number of aromatic nitrogens is 2. The highest BCUT2D eigenvalue weighted by Crippen LogP contribution is 2.29. The van der Waals surface area contributed by atoms with E-state index >= 15 is 0 Å². The van der Waals surface area contributed by atoms with Crippen molar-refractivity contribution in [3.63, 3.8) is 0 Å². The maximum atomic E-state index is 11.2. The molecule has 8 nitrogen and oxygen atoms in total. The Labute approximate surface area is 200 Å². The first-order chi connectivity index (χ1) is 16.4. The summed E-state index contributed by atoms with van der Waals surface area (Å²) in [6.45, 7) is 2.12. The quantitative estimate of drug-likeness (QED) is 0.381. The number of nitrogens with zero attached hydrogens (tertiary/aromatic N) is 3. The van der Waals surface area contributed by atoms with Gasteiger partial charge in [0.05, 0.1) is 12.6 Å². The minimum atomic E-state index is -0.360. The van der Waals surface area contributed by atoms with Gasteiger partial charge in [0.2, 0.25) is 5.95 Å². The monoisotopic (exact) mass is 463 g/mol. The number of anilines is 2. The molecule has 2 aromatic carbocycles. The van der Waals surface area contributed by atoms with E-state index in [0.717, 1.165) is 54.5 Å². The second-order valence-corrected chi connectivity index (χ2v) is 8.94. The van der Waals surface area contributed by atoms with Crippen LogP contribution in [0, 0.1) is 0 Å². The number of hydrogen-bond donors (Lipinski definition) is 2. The minimum Gasteiger partial charge on any atom is -0.493 e. The molecular weight excluding hydrogens is 430 g/mol. The predicted octanol–water partition coefficient (Wildman–Crippen LogP) is 4.14. The van der Waals surface area contributed by atoms with Crippen molar-refractivity contribution in [2.45, 2.75) is 51.2 Å². The van der Waals surface area contributed by atoms with Gasteiger partial charge in [-0.15, -0.1) is 0 Å². The van der Waals surface area contributed by atoms with Crippen LogP contribution in [0.1, 0.15) is 38.2 Å². The highest BCUT2D eigenvalue weighted by Gasteiger charge is 2.22. The molecule has 0 radical (unpaired) electrons. The lowest BCUT2D eigenvalue weighted by Crippen LogP contribution is -2.37. The zero-order valence-electron chi connectivity index (χ0n) is 20.3. The van der Waals surface area contributed by atoms with E-state index in [2.05, 4.69) is 16.7 Å². The van der Waals surface area contributed by atoms with E-state index in [0.29, 0.717) is 29.5 Å². The summed E-state index contributed by atoms with van der Waals surface area (Å²) >= 11 is 0. The van der Waals surface area contributed by atoms with E-state index in [-0.39, 0.29) is 5.97 Å². The topological polar surface area (TPSA) is 88.6 Å². The Morgan fingerprint density at radius 2 is 1.76 bits per heavy atom. The molecule has 1 fully saturated rings. The highest BCUT2D eigenvalue weighted by atomic mass is 16.6.